The zero-order valence-electron chi connectivity index (χ0n) is 9.19. The lowest BCUT2D eigenvalue weighted by Crippen LogP contribution is -2.34. The Morgan fingerprint density at radius 2 is 1.87 bits per heavy atom. The molecule has 0 amide bonds. The van der Waals surface area contributed by atoms with Gasteiger partial charge in [-0.15, -0.1) is 0 Å². The first-order valence-electron chi connectivity index (χ1n) is 5.26. The van der Waals surface area contributed by atoms with Gasteiger partial charge in [0.1, 0.15) is 0 Å². The zero-order chi connectivity index (χ0) is 11.3. The molecule has 1 aliphatic carbocycles. The minimum atomic E-state index is -0.667. The Bertz CT molecular complexity index is 178. The van der Waals surface area contributed by atoms with Gasteiger partial charge in [-0.3, -0.25) is 0 Å². The predicted octanol–water partition coefficient (Wildman–Crippen LogP) is -0.890. The fraction of sp³-hybridized carbons (Fsp3) is 1.00. The molecule has 2 atom stereocenters. The van der Waals surface area contributed by atoms with Gasteiger partial charge in [0.2, 0.25) is 0 Å². The summed E-state index contributed by atoms with van der Waals surface area (Å²) in [6.07, 6.45) is -0.311. The van der Waals surface area contributed by atoms with Gasteiger partial charge in [0.15, 0.2) is 0 Å². The number of methoxy groups -OCH3 is 1. The Hall–Kier alpha value is -0.200. The number of hydrogen-bond donors (Lipinski definition) is 3. The van der Waals surface area contributed by atoms with Crippen molar-refractivity contribution in [1.82, 2.24) is 0 Å². The van der Waals surface area contributed by atoms with E-state index in [4.69, 9.17) is 15.2 Å². The number of aliphatic hydroxyl groups is 2. The Morgan fingerprint density at radius 1 is 1.27 bits per heavy atom. The maximum absolute atomic E-state index is 9.48. The topological polar surface area (TPSA) is 84.9 Å². The molecule has 0 saturated heterocycles. The van der Waals surface area contributed by atoms with Crippen LogP contribution >= 0.6 is 0 Å². The first-order chi connectivity index (χ1) is 7.13. The van der Waals surface area contributed by atoms with Crippen molar-refractivity contribution in [3.8, 4) is 0 Å². The standard InChI is InChI=1S/C10H21NO4/c1-14-2-3-15-7-10(6-11)4-8(12)9(13)5-10/h8-9,12-13H,2-7,11H2,1H3. The lowest BCUT2D eigenvalue weighted by atomic mass is 9.87. The van der Waals surface area contributed by atoms with Crippen LogP contribution in [0.5, 0.6) is 0 Å². The van der Waals surface area contributed by atoms with E-state index in [-0.39, 0.29) is 5.41 Å². The Kier molecular flexibility index (Phi) is 4.95. The molecule has 0 spiro atoms. The summed E-state index contributed by atoms with van der Waals surface area (Å²) in [5.41, 5.74) is 5.40. The molecule has 4 N–H and O–H groups in total. The normalized spacial score (nSPS) is 36.0. The Labute approximate surface area is 90.2 Å². The van der Waals surface area contributed by atoms with Crippen LogP contribution in [0.15, 0.2) is 0 Å². The van der Waals surface area contributed by atoms with E-state index in [0.29, 0.717) is 39.2 Å². The van der Waals surface area contributed by atoms with Crippen molar-refractivity contribution in [3.05, 3.63) is 0 Å². The molecule has 1 fully saturated rings. The summed E-state index contributed by atoms with van der Waals surface area (Å²) < 4.78 is 10.3. The molecule has 1 aliphatic rings. The maximum Gasteiger partial charge on any atom is 0.0806 e. The van der Waals surface area contributed by atoms with Crippen LogP contribution in [-0.2, 0) is 9.47 Å². The van der Waals surface area contributed by atoms with E-state index >= 15 is 0 Å². The highest BCUT2D eigenvalue weighted by atomic mass is 16.5. The lowest BCUT2D eigenvalue weighted by Gasteiger charge is -2.26. The Balaban J connectivity index is 2.34. The second-order valence-corrected chi connectivity index (χ2v) is 4.29. The van der Waals surface area contributed by atoms with Crippen LogP contribution < -0.4 is 5.73 Å². The van der Waals surface area contributed by atoms with Gasteiger partial charge in [-0.1, -0.05) is 0 Å². The summed E-state index contributed by atoms with van der Waals surface area (Å²) >= 11 is 0. The van der Waals surface area contributed by atoms with Gasteiger partial charge in [-0.25, -0.2) is 0 Å². The highest BCUT2D eigenvalue weighted by Crippen LogP contribution is 2.37. The smallest absolute Gasteiger partial charge is 0.0806 e. The maximum atomic E-state index is 9.48. The van der Waals surface area contributed by atoms with Gasteiger partial charge in [-0.2, -0.15) is 0 Å². The fourth-order valence-corrected chi connectivity index (χ4v) is 2.02. The molecule has 1 saturated carbocycles. The molecule has 0 heterocycles. The van der Waals surface area contributed by atoms with E-state index < -0.39 is 12.2 Å². The van der Waals surface area contributed by atoms with Crippen LogP contribution in [0.4, 0.5) is 0 Å². The van der Waals surface area contributed by atoms with Gasteiger partial charge in [0.05, 0.1) is 32.0 Å². The molecule has 0 aromatic heterocycles. The molecule has 90 valence electrons. The van der Waals surface area contributed by atoms with Crippen LogP contribution in [0.25, 0.3) is 0 Å². The molecule has 15 heavy (non-hydrogen) atoms. The van der Waals surface area contributed by atoms with E-state index in [1.807, 2.05) is 0 Å². The molecule has 0 radical (unpaired) electrons. The SMILES string of the molecule is COCCOCC1(CN)CC(O)C(O)C1. The van der Waals surface area contributed by atoms with Gasteiger partial charge >= 0.3 is 0 Å². The van der Waals surface area contributed by atoms with Crippen molar-refractivity contribution in [1.29, 1.82) is 0 Å². The van der Waals surface area contributed by atoms with Crippen molar-refractivity contribution in [2.24, 2.45) is 11.1 Å². The monoisotopic (exact) mass is 219 g/mol. The van der Waals surface area contributed by atoms with Gasteiger partial charge in [0, 0.05) is 19.1 Å². The number of rotatable bonds is 6. The van der Waals surface area contributed by atoms with Crippen LogP contribution in [0.3, 0.4) is 0 Å². The van der Waals surface area contributed by atoms with Gasteiger partial charge < -0.3 is 25.4 Å². The van der Waals surface area contributed by atoms with Crippen molar-refractivity contribution in [2.45, 2.75) is 25.0 Å². The van der Waals surface area contributed by atoms with Crippen LogP contribution in [-0.4, -0.2) is 55.9 Å². The largest absolute Gasteiger partial charge is 0.390 e. The summed E-state index contributed by atoms with van der Waals surface area (Å²) in [5.74, 6) is 0. The third-order valence-electron chi connectivity index (χ3n) is 3.00. The highest BCUT2D eigenvalue weighted by molar-refractivity contribution is 4.95. The summed E-state index contributed by atoms with van der Waals surface area (Å²) in [4.78, 5) is 0. The quantitative estimate of drug-likeness (QED) is 0.505. The third-order valence-corrected chi connectivity index (χ3v) is 3.00. The molecule has 0 aliphatic heterocycles. The fourth-order valence-electron chi connectivity index (χ4n) is 2.02. The van der Waals surface area contributed by atoms with E-state index in [2.05, 4.69) is 0 Å². The van der Waals surface area contributed by atoms with Crippen LogP contribution in [0, 0.1) is 5.41 Å². The average molecular weight is 219 g/mol. The first-order valence-corrected chi connectivity index (χ1v) is 5.26. The minimum Gasteiger partial charge on any atom is -0.390 e. The molecule has 5 nitrogen and oxygen atoms in total. The van der Waals surface area contributed by atoms with Crippen molar-refractivity contribution < 1.29 is 19.7 Å². The van der Waals surface area contributed by atoms with Crippen LogP contribution in [0.1, 0.15) is 12.8 Å². The number of ether oxygens (including phenoxy) is 2. The molecule has 0 aromatic rings. The van der Waals surface area contributed by atoms with Crippen LogP contribution in [0.2, 0.25) is 0 Å². The minimum absolute atomic E-state index is 0.271. The predicted molar refractivity (Wildman–Crippen MR) is 55.4 cm³/mol. The second-order valence-electron chi connectivity index (χ2n) is 4.29. The summed E-state index contributed by atoms with van der Waals surface area (Å²) in [5, 5.41) is 19.0. The first kappa shape index (κ1) is 12.9. The second kappa shape index (κ2) is 5.77. The Morgan fingerprint density at radius 3 is 2.33 bits per heavy atom. The summed E-state index contributed by atoms with van der Waals surface area (Å²) in [6.45, 7) is 1.96. The highest BCUT2D eigenvalue weighted by Gasteiger charge is 2.43. The average Bonchev–Trinajstić information content (AvgIpc) is 2.51. The molecular formula is C10H21NO4. The van der Waals surface area contributed by atoms with E-state index in [9.17, 15) is 10.2 Å². The molecule has 2 unspecified atom stereocenters. The number of nitrogens with two attached hydrogens (primary N) is 1. The molecule has 1 rings (SSSR count). The molecule has 0 aromatic carbocycles. The lowest BCUT2D eigenvalue weighted by molar-refractivity contribution is 0.0146. The van der Waals surface area contributed by atoms with Crippen molar-refractivity contribution >= 4 is 0 Å². The number of aliphatic hydroxyl groups excluding tert-OH is 2. The van der Waals surface area contributed by atoms with E-state index in [1.54, 1.807) is 7.11 Å². The molecule has 5 heteroatoms. The van der Waals surface area contributed by atoms with Gasteiger partial charge in [-0.05, 0) is 12.8 Å². The third kappa shape index (κ3) is 3.39. The summed E-state index contributed by atoms with van der Waals surface area (Å²) in [7, 11) is 1.62. The zero-order valence-corrected chi connectivity index (χ0v) is 9.19. The molecule has 0 bridgehead atoms. The van der Waals surface area contributed by atoms with Crippen molar-refractivity contribution in [3.63, 3.8) is 0 Å². The molecular weight excluding hydrogens is 198 g/mol. The summed E-state index contributed by atoms with van der Waals surface area (Å²) in [6, 6.07) is 0. The van der Waals surface area contributed by atoms with Crippen molar-refractivity contribution in [2.75, 3.05) is 33.5 Å². The van der Waals surface area contributed by atoms with E-state index in [0.717, 1.165) is 0 Å². The number of hydrogen-bond acceptors (Lipinski definition) is 5. The van der Waals surface area contributed by atoms with E-state index in [1.165, 1.54) is 0 Å². The van der Waals surface area contributed by atoms with Gasteiger partial charge in [0.25, 0.3) is 0 Å².